The molecule has 4 aliphatic heterocycles. The van der Waals surface area contributed by atoms with Gasteiger partial charge in [-0.2, -0.15) is 20.3 Å². The summed E-state index contributed by atoms with van der Waals surface area (Å²) in [5.41, 5.74) is -3.09. The van der Waals surface area contributed by atoms with Crippen LogP contribution in [0, 0.1) is 0 Å². The summed E-state index contributed by atoms with van der Waals surface area (Å²) in [5, 5.41) is 8.32. The molecule has 4 rings (SSSR count). The Balaban J connectivity index is 1.90. The van der Waals surface area contributed by atoms with Gasteiger partial charge in [-0.1, -0.05) is 0 Å². The highest BCUT2D eigenvalue weighted by Gasteiger charge is 2.58. The molecule has 4 saturated heterocycles. The Hall–Kier alpha value is -1.38. The maximum atomic E-state index is 15.8. The summed E-state index contributed by atoms with van der Waals surface area (Å²) in [7, 11) is 6.93. The highest BCUT2D eigenvalue weighted by atomic mass is 16.7. The van der Waals surface area contributed by atoms with Crippen LogP contribution in [0.3, 0.4) is 0 Å². The van der Waals surface area contributed by atoms with Gasteiger partial charge in [-0.25, -0.2) is 0 Å². The third-order valence-electron chi connectivity index (χ3n) is 13.2. The lowest BCUT2D eigenvalue weighted by Gasteiger charge is -2.60. The fourth-order valence-corrected chi connectivity index (χ4v) is 13.1. The molecule has 0 spiro atoms. The molecule has 0 atom stereocenters. The lowest BCUT2D eigenvalue weighted by atomic mass is 9.74. The molecule has 4 heterocycles. The van der Waals surface area contributed by atoms with Gasteiger partial charge >= 0.3 is 11.8 Å². The van der Waals surface area contributed by atoms with Crippen LogP contribution < -0.4 is 0 Å². The molecule has 4 fully saturated rings. The molecule has 54 heavy (non-hydrogen) atoms. The van der Waals surface area contributed by atoms with Crippen molar-refractivity contribution < 1.29 is 28.9 Å². The van der Waals surface area contributed by atoms with Crippen LogP contribution in [0.25, 0.3) is 0 Å². The minimum Gasteiger partial charge on any atom is -0.328 e. The van der Waals surface area contributed by atoms with Crippen LogP contribution in [0.15, 0.2) is 0 Å². The quantitative estimate of drug-likeness (QED) is 0.242. The summed E-state index contributed by atoms with van der Waals surface area (Å²) in [6.07, 6.45) is 5.39. The second-order valence-corrected chi connectivity index (χ2v) is 22.1. The molecule has 2 amide bonds. The zero-order valence-electron chi connectivity index (χ0n) is 38.1. The van der Waals surface area contributed by atoms with E-state index in [4.69, 9.17) is 19.4 Å². The first-order valence-corrected chi connectivity index (χ1v) is 20.4. The molecular formula is C42H80N6O6. The molecule has 0 unspecified atom stereocenters. The smallest absolute Gasteiger partial charge is 0.312 e. The van der Waals surface area contributed by atoms with Gasteiger partial charge < -0.3 is 29.2 Å². The number of carbonyl (C=O) groups excluding carboxylic acids is 2. The number of amides is 2. The minimum absolute atomic E-state index is 0.183. The monoisotopic (exact) mass is 765 g/mol. The van der Waals surface area contributed by atoms with E-state index < -0.39 is 11.8 Å². The van der Waals surface area contributed by atoms with Gasteiger partial charge in [-0.05, 0) is 162 Å². The third-order valence-corrected chi connectivity index (χ3v) is 13.2. The van der Waals surface area contributed by atoms with Crippen molar-refractivity contribution in [3.8, 4) is 0 Å². The van der Waals surface area contributed by atoms with Crippen molar-refractivity contribution in [1.82, 2.24) is 30.1 Å². The Labute approximate surface area is 329 Å². The lowest BCUT2D eigenvalue weighted by Crippen LogP contribution is -2.71. The van der Waals surface area contributed by atoms with Crippen LogP contribution in [0.5, 0.6) is 0 Å². The van der Waals surface area contributed by atoms with Crippen molar-refractivity contribution in [1.29, 1.82) is 0 Å². The number of rotatable bonds is 8. The fraction of sp³-hybridized carbons (Fsp3) is 0.952. The molecular weight excluding hydrogens is 684 g/mol. The second-order valence-electron chi connectivity index (χ2n) is 22.1. The van der Waals surface area contributed by atoms with Crippen molar-refractivity contribution in [3.05, 3.63) is 0 Å². The SMILES string of the molecule is CON1C(C)(C)CC(N(C(=O)C(=O)N(C2CC(C)(C)N(OC)C(C)(C)C2)C2CC(C)(C)N(OC)C(C)(C)C2)C2CC(C)(C)N(OC)C(C)(C)C2)CC1(C)C. The number of hydrogen-bond acceptors (Lipinski definition) is 10. The van der Waals surface area contributed by atoms with Crippen molar-refractivity contribution in [2.24, 2.45) is 0 Å². The van der Waals surface area contributed by atoms with Gasteiger partial charge in [0.25, 0.3) is 0 Å². The maximum Gasteiger partial charge on any atom is 0.312 e. The second kappa shape index (κ2) is 14.8. The molecule has 0 bridgehead atoms. The van der Waals surface area contributed by atoms with Crippen molar-refractivity contribution in [2.75, 3.05) is 28.4 Å². The fourth-order valence-electron chi connectivity index (χ4n) is 13.1. The molecule has 0 aliphatic carbocycles. The summed E-state index contributed by atoms with van der Waals surface area (Å²) in [6, 6.07) is -0.734. The maximum absolute atomic E-state index is 15.8. The van der Waals surface area contributed by atoms with Crippen LogP contribution in [-0.4, -0.2) is 139 Å². The Morgan fingerprint density at radius 1 is 0.352 bits per heavy atom. The lowest BCUT2D eigenvalue weighted by molar-refractivity contribution is -0.285. The van der Waals surface area contributed by atoms with E-state index >= 15 is 9.59 Å². The molecule has 0 aromatic rings. The van der Waals surface area contributed by atoms with E-state index in [1.54, 1.807) is 28.4 Å². The van der Waals surface area contributed by atoms with Gasteiger partial charge in [0.15, 0.2) is 0 Å². The first kappa shape index (κ1) is 45.3. The molecule has 4 aliphatic rings. The zero-order valence-corrected chi connectivity index (χ0v) is 38.1. The molecule has 0 radical (unpaired) electrons. The highest BCUT2D eigenvalue weighted by Crippen LogP contribution is 2.48. The molecule has 0 aromatic carbocycles. The van der Waals surface area contributed by atoms with Crippen molar-refractivity contribution in [2.45, 2.75) is 231 Å². The number of hydroxylamine groups is 8. The number of nitrogens with zero attached hydrogens (tertiary/aromatic N) is 6. The minimum atomic E-state index is -0.394. The van der Waals surface area contributed by atoms with Gasteiger partial charge in [-0.3, -0.25) is 9.59 Å². The largest absolute Gasteiger partial charge is 0.328 e. The molecule has 314 valence electrons. The van der Waals surface area contributed by atoms with Gasteiger partial charge in [0, 0.05) is 68.5 Å². The topological polar surface area (TPSA) is 90.5 Å². The highest BCUT2D eigenvalue weighted by molar-refractivity contribution is 6.35. The van der Waals surface area contributed by atoms with Crippen molar-refractivity contribution in [3.63, 3.8) is 0 Å². The van der Waals surface area contributed by atoms with E-state index in [1.165, 1.54) is 0 Å². The zero-order chi connectivity index (χ0) is 41.4. The van der Waals surface area contributed by atoms with Crippen LogP contribution in [0.4, 0.5) is 0 Å². The number of carbonyl (C=O) groups is 2. The van der Waals surface area contributed by atoms with Gasteiger partial charge in [0.1, 0.15) is 0 Å². The summed E-state index contributed by atoms with van der Waals surface area (Å²) in [6.45, 7) is 35.0. The van der Waals surface area contributed by atoms with E-state index in [2.05, 4.69) is 131 Å². The summed E-state index contributed by atoms with van der Waals surface area (Å²) >= 11 is 0. The summed E-state index contributed by atoms with van der Waals surface area (Å²) in [4.78, 5) is 59.7. The van der Waals surface area contributed by atoms with E-state index in [0.29, 0.717) is 51.4 Å². The predicted molar refractivity (Wildman–Crippen MR) is 214 cm³/mol. The average molecular weight is 765 g/mol. The van der Waals surface area contributed by atoms with Crippen molar-refractivity contribution >= 4 is 11.8 Å². The van der Waals surface area contributed by atoms with Crippen LogP contribution >= 0.6 is 0 Å². The number of piperidine rings is 4. The normalized spacial score (nSPS) is 29.2. The molecule has 0 N–H and O–H groups in total. The van der Waals surface area contributed by atoms with Gasteiger partial charge in [-0.15, -0.1) is 0 Å². The first-order chi connectivity index (χ1) is 24.4. The Morgan fingerprint density at radius 2 is 0.481 bits per heavy atom. The Bertz CT molecular complexity index is 1110. The van der Waals surface area contributed by atoms with E-state index in [1.807, 2.05) is 9.80 Å². The molecule has 0 aromatic heterocycles. The Kier molecular flexibility index (Phi) is 12.4. The standard InChI is InChI=1S/C42H80N6O6/c1-35(2)21-29(22-36(3,4)45(35)51-17)43(30-23-37(5,6)46(52-18)38(7,8)24-30)33(49)34(50)44(31-25-39(9,10)47(53-19)40(11,12)26-31)32-27-41(13,14)48(54-20)42(15,16)28-32/h29-32H,21-28H2,1-20H3. The molecule has 12 heteroatoms. The summed E-state index contributed by atoms with van der Waals surface area (Å²) < 4.78 is 0. The van der Waals surface area contributed by atoms with Crippen LogP contribution in [-0.2, 0) is 28.9 Å². The molecule has 12 nitrogen and oxygen atoms in total. The van der Waals surface area contributed by atoms with Gasteiger partial charge in [0.2, 0.25) is 0 Å². The first-order valence-electron chi connectivity index (χ1n) is 20.4. The molecule has 0 saturated carbocycles. The van der Waals surface area contributed by atoms with E-state index in [-0.39, 0.29) is 68.5 Å². The predicted octanol–water partition coefficient (Wildman–Crippen LogP) is 6.98. The third kappa shape index (κ3) is 8.29. The average Bonchev–Trinajstić information content (AvgIpc) is 2.93. The van der Waals surface area contributed by atoms with Gasteiger partial charge in [0.05, 0.1) is 28.4 Å². The van der Waals surface area contributed by atoms with E-state index in [0.717, 1.165) is 0 Å². The van der Waals surface area contributed by atoms with Crippen LogP contribution in [0.1, 0.15) is 162 Å². The number of hydrogen-bond donors (Lipinski definition) is 0. The van der Waals surface area contributed by atoms with E-state index in [9.17, 15) is 0 Å². The van der Waals surface area contributed by atoms with Crippen LogP contribution in [0.2, 0.25) is 0 Å². The summed E-state index contributed by atoms with van der Waals surface area (Å²) in [5.74, 6) is -0.788. The Morgan fingerprint density at radius 3 is 0.593 bits per heavy atom.